The van der Waals surface area contributed by atoms with Gasteiger partial charge in [0, 0.05) is 19.4 Å². The predicted octanol–water partition coefficient (Wildman–Crippen LogP) is 6.08. The molecule has 2 heterocycles. The zero-order valence-electron chi connectivity index (χ0n) is 21.2. The number of urea groups is 1. The van der Waals surface area contributed by atoms with Crippen LogP contribution in [0.5, 0.6) is 0 Å². The van der Waals surface area contributed by atoms with Gasteiger partial charge in [-0.1, -0.05) is 36.4 Å². The average Bonchev–Trinajstić information content (AvgIpc) is 3.50. The van der Waals surface area contributed by atoms with Crippen molar-refractivity contribution in [2.24, 2.45) is 5.92 Å². The van der Waals surface area contributed by atoms with Crippen LogP contribution in [0.1, 0.15) is 48.7 Å². The molecular weight excluding hydrogens is 539 g/mol. The summed E-state index contributed by atoms with van der Waals surface area (Å²) in [6, 6.07) is 10.2. The first-order valence-electron chi connectivity index (χ1n) is 12.8. The number of alkyl carbamates (subject to hydrolysis) is 1. The van der Waals surface area contributed by atoms with Gasteiger partial charge in [0.05, 0.1) is 6.54 Å². The molecule has 40 heavy (non-hydrogen) atoms. The van der Waals surface area contributed by atoms with E-state index in [0.29, 0.717) is 16.7 Å². The number of amides is 3. The van der Waals surface area contributed by atoms with E-state index in [1.54, 1.807) is 42.5 Å². The van der Waals surface area contributed by atoms with Gasteiger partial charge in [0.1, 0.15) is 24.2 Å². The largest absolute Gasteiger partial charge is 0.445 e. The second-order valence-electron chi connectivity index (χ2n) is 10.2. The number of nitrogens with zero attached hydrogens (tertiary/aromatic N) is 2. The number of hydrogen-bond acceptors (Lipinski definition) is 5. The molecule has 0 spiro atoms. The fourth-order valence-electron chi connectivity index (χ4n) is 5.02. The van der Waals surface area contributed by atoms with E-state index >= 15 is 0 Å². The van der Waals surface area contributed by atoms with Gasteiger partial charge in [-0.25, -0.2) is 23.4 Å². The summed E-state index contributed by atoms with van der Waals surface area (Å²) < 4.78 is 78.0. The molecule has 0 unspecified atom stereocenters. The molecule has 2 N–H and O–H groups in total. The Kier molecular flexibility index (Phi) is 7.56. The van der Waals surface area contributed by atoms with Crippen molar-refractivity contribution < 1.29 is 40.7 Å². The maximum absolute atomic E-state index is 13.9. The Hall–Kier alpha value is -3.90. The Morgan fingerprint density at radius 2 is 1.88 bits per heavy atom. The fraction of sp³-hybridized carbons (Fsp3) is 0.444. The first-order chi connectivity index (χ1) is 19.0. The van der Waals surface area contributed by atoms with Crippen molar-refractivity contribution in [2.75, 3.05) is 6.54 Å². The van der Waals surface area contributed by atoms with Crippen LogP contribution in [0.25, 0.3) is 11.1 Å². The van der Waals surface area contributed by atoms with Crippen molar-refractivity contribution >= 4 is 23.2 Å². The summed E-state index contributed by atoms with van der Waals surface area (Å²) in [5.41, 5.74) is 1.98. The Morgan fingerprint density at radius 1 is 1.15 bits per heavy atom. The molecule has 2 fully saturated rings. The molecule has 1 saturated heterocycles. The highest BCUT2D eigenvalue weighted by Gasteiger charge is 2.46. The van der Waals surface area contributed by atoms with Gasteiger partial charge in [0.25, 0.3) is 0 Å². The second-order valence-corrected chi connectivity index (χ2v) is 10.2. The lowest BCUT2D eigenvalue weighted by atomic mass is 9.82. The van der Waals surface area contributed by atoms with Gasteiger partial charge in [-0.15, -0.1) is 0 Å². The minimum Gasteiger partial charge on any atom is -0.445 e. The normalized spacial score (nSPS) is 20.4. The third-order valence-electron chi connectivity index (χ3n) is 7.21. The number of nitrogens with one attached hydrogen (secondary N) is 2. The number of carbonyl (C=O) groups excluding carboxylic acids is 2. The van der Waals surface area contributed by atoms with Crippen LogP contribution in [-0.2, 0) is 17.9 Å². The Balaban J connectivity index is 1.32. The van der Waals surface area contributed by atoms with Crippen molar-refractivity contribution in [3.8, 4) is 0 Å². The summed E-state index contributed by atoms with van der Waals surface area (Å²) in [6.07, 6.45) is -5.72. The molecule has 0 radical (unpaired) electrons. The minimum absolute atomic E-state index is 0.0122. The van der Waals surface area contributed by atoms with Crippen LogP contribution in [0, 0.1) is 5.92 Å². The average molecular weight is 567 g/mol. The number of rotatable bonds is 7. The molecule has 1 aliphatic heterocycles. The zero-order chi connectivity index (χ0) is 28.5. The van der Waals surface area contributed by atoms with Gasteiger partial charge in [0.15, 0.2) is 5.58 Å². The molecule has 2 atom stereocenters. The zero-order valence-corrected chi connectivity index (χ0v) is 21.2. The topological polar surface area (TPSA) is 96.7 Å². The number of aromatic nitrogens is 1. The standard InChI is InChI=1S/C27H27F5N4O4/c28-26(29)10-8-18(9-11-26)22(35-25(38)39-15-16-4-2-1-3-5-16)23-33-19-12-17(6-7-20(19)40-23)13-36-14-21(27(30,31)32)34-24(36)37/h1-7,12,18,21-22H,8-11,13-15H2,(H,34,37)(H,35,38)/t21-,22-/m0/s1. The summed E-state index contributed by atoms with van der Waals surface area (Å²) in [5.74, 6) is -3.06. The molecule has 2 aromatic carbocycles. The first-order valence-corrected chi connectivity index (χ1v) is 12.8. The van der Waals surface area contributed by atoms with Crippen molar-refractivity contribution in [1.82, 2.24) is 20.5 Å². The van der Waals surface area contributed by atoms with Crippen LogP contribution >= 0.6 is 0 Å². The van der Waals surface area contributed by atoms with E-state index in [2.05, 4.69) is 10.3 Å². The number of fused-ring (bicyclic) bond motifs is 1. The highest BCUT2D eigenvalue weighted by Crippen LogP contribution is 2.42. The molecule has 3 aromatic rings. The number of benzene rings is 2. The third-order valence-corrected chi connectivity index (χ3v) is 7.21. The number of halogens is 5. The lowest BCUT2D eigenvalue weighted by Gasteiger charge is -2.32. The van der Waals surface area contributed by atoms with E-state index < -0.39 is 42.9 Å². The molecule has 13 heteroatoms. The number of hydrogen-bond donors (Lipinski definition) is 2. The van der Waals surface area contributed by atoms with Crippen LogP contribution in [-0.4, -0.2) is 46.7 Å². The lowest BCUT2D eigenvalue weighted by Crippen LogP contribution is -2.40. The van der Waals surface area contributed by atoms with Crippen LogP contribution in [0.2, 0.25) is 0 Å². The predicted molar refractivity (Wildman–Crippen MR) is 132 cm³/mol. The first kappa shape index (κ1) is 27.7. The molecule has 5 rings (SSSR count). The van der Waals surface area contributed by atoms with Crippen LogP contribution < -0.4 is 10.6 Å². The number of oxazole rings is 1. The summed E-state index contributed by atoms with van der Waals surface area (Å²) in [7, 11) is 0. The Morgan fingerprint density at radius 3 is 2.55 bits per heavy atom. The van der Waals surface area contributed by atoms with Crippen molar-refractivity contribution in [2.45, 2.75) is 63.0 Å². The monoisotopic (exact) mass is 566 g/mol. The summed E-state index contributed by atoms with van der Waals surface area (Å²) >= 11 is 0. The molecule has 2 aliphatic rings. The third kappa shape index (κ3) is 6.45. The summed E-state index contributed by atoms with van der Waals surface area (Å²) in [6.45, 7) is -0.589. The van der Waals surface area contributed by atoms with Gasteiger partial charge >= 0.3 is 18.3 Å². The molecule has 3 amide bonds. The van der Waals surface area contributed by atoms with E-state index in [4.69, 9.17) is 9.15 Å². The van der Waals surface area contributed by atoms with Gasteiger partial charge in [-0.3, -0.25) is 0 Å². The van der Waals surface area contributed by atoms with Gasteiger partial charge in [-0.05, 0) is 42.0 Å². The maximum atomic E-state index is 13.9. The molecule has 1 aromatic heterocycles. The van der Waals surface area contributed by atoms with Crippen molar-refractivity contribution in [3.63, 3.8) is 0 Å². The van der Waals surface area contributed by atoms with E-state index in [0.717, 1.165) is 10.5 Å². The van der Waals surface area contributed by atoms with E-state index in [1.165, 1.54) is 0 Å². The second kappa shape index (κ2) is 10.9. The Labute approximate surface area is 225 Å². The van der Waals surface area contributed by atoms with Crippen LogP contribution in [0.3, 0.4) is 0 Å². The van der Waals surface area contributed by atoms with Crippen LogP contribution in [0.4, 0.5) is 31.5 Å². The fourth-order valence-corrected chi connectivity index (χ4v) is 5.02. The molecule has 8 nitrogen and oxygen atoms in total. The minimum atomic E-state index is -4.55. The van der Waals surface area contributed by atoms with Crippen molar-refractivity contribution in [3.05, 3.63) is 65.5 Å². The maximum Gasteiger partial charge on any atom is 0.410 e. The Bertz CT molecular complexity index is 1350. The number of ether oxygens (including phenoxy) is 1. The summed E-state index contributed by atoms with van der Waals surface area (Å²) in [4.78, 5) is 30.3. The van der Waals surface area contributed by atoms with E-state index in [-0.39, 0.29) is 50.6 Å². The van der Waals surface area contributed by atoms with E-state index in [1.807, 2.05) is 11.4 Å². The smallest absolute Gasteiger partial charge is 0.410 e. The quantitative estimate of drug-likeness (QED) is 0.338. The molecule has 214 valence electrons. The van der Waals surface area contributed by atoms with Crippen LogP contribution in [0.15, 0.2) is 52.9 Å². The highest BCUT2D eigenvalue weighted by atomic mass is 19.4. The van der Waals surface area contributed by atoms with E-state index in [9.17, 15) is 31.5 Å². The molecule has 1 aliphatic carbocycles. The van der Waals surface area contributed by atoms with Crippen molar-refractivity contribution in [1.29, 1.82) is 0 Å². The van der Waals surface area contributed by atoms with Gasteiger partial charge in [-0.2, -0.15) is 13.2 Å². The lowest BCUT2D eigenvalue weighted by molar-refractivity contribution is -0.149. The molecule has 0 bridgehead atoms. The highest BCUT2D eigenvalue weighted by molar-refractivity contribution is 5.78. The summed E-state index contributed by atoms with van der Waals surface area (Å²) in [5, 5.41) is 4.65. The number of alkyl halides is 5. The SMILES string of the molecule is O=C(N[C@H](c1nc2cc(CN3C[C@@H](C(F)(F)F)NC3=O)ccc2o1)C1CCC(F)(F)CC1)OCc1ccccc1. The molecular formula is C27H27F5N4O4. The van der Waals surface area contributed by atoms with Gasteiger partial charge in [0.2, 0.25) is 11.8 Å². The molecule has 1 saturated carbocycles. The number of carbonyl (C=O) groups is 2. The van der Waals surface area contributed by atoms with Gasteiger partial charge < -0.3 is 24.7 Å².